The zero-order valence-corrected chi connectivity index (χ0v) is 77.0. The monoisotopic (exact) mass is 1800 g/mol. The van der Waals surface area contributed by atoms with Gasteiger partial charge in [0.05, 0.1) is 11.7 Å². The van der Waals surface area contributed by atoms with Crippen LogP contribution in [-0.2, 0) is 112 Å². The molecule has 0 aromatic heterocycles. The minimum Gasteiger partial charge on any atom is -0.394 e. The first-order valence-corrected chi connectivity index (χ1v) is 37.9. The van der Waals surface area contributed by atoms with Crippen LogP contribution in [0.5, 0.6) is 0 Å². The van der Waals surface area contributed by atoms with Crippen molar-refractivity contribution in [2.75, 3.05) is 0 Å². The molecule has 13 nitrogen and oxygen atoms in total. The molecule has 0 fully saturated rings. The standard InChI is InChI=1S/3C26H22O2.C6H14O2.5C3H8O.CH3.3Zr/c3*27-25(21-13-5-1-6-14-21,22-15-7-2-8-16-22)26(28,23-17-9-3-10-18-23)24-19-11-4-12-20-24;1-5(7)4-6(2,3)8;5*1-3(2)4;;;;/h3*1-20,27-28H;5,7-8H,4H2,1-3H3;5*3-4H,1-2H3;1H3;;;/q;;;;;;;;;-1;;;. The van der Waals surface area contributed by atoms with E-state index in [9.17, 15) is 30.6 Å². The van der Waals surface area contributed by atoms with Gasteiger partial charge in [-0.05, 0) is 157 Å². The smallest absolute Gasteiger partial charge is 0.152 e. The van der Waals surface area contributed by atoms with Gasteiger partial charge < -0.3 is 73.8 Å². The molecule has 116 heavy (non-hydrogen) atoms. The summed E-state index contributed by atoms with van der Waals surface area (Å²) in [5.74, 6) is 0. The largest absolute Gasteiger partial charge is 0.394 e. The molecule has 0 aliphatic rings. The predicted octanol–water partition coefficient (Wildman–Crippen LogP) is 17.5. The van der Waals surface area contributed by atoms with Crippen LogP contribution in [0.4, 0.5) is 0 Å². The van der Waals surface area contributed by atoms with Gasteiger partial charge in [-0.25, -0.2) is 0 Å². The van der Waals surface area contributed by atoms with Gasteiger partial charge in [0.15, 0.2) is 33.6 Å². The van der Waals surface area contributed by atoms with Gasteiger partial charge in [-0.2, -0.15) is 0 Å². The van der Waals surface area contributed by atoms with Crippen LogP contribution in [0.3, 0.4) is 0 Å². The number of aliphatic hydroxyl groups is 13. The first kappa shape index (κ1) is 109. The van der Waals surface area contributed by atoms with E-state index in [1.165, 1.54) is 0 Å². The van der Waals surface area contributed by atoms with Crippen molar-refractivity contribution in [1.82, 2.24) is 0 Å². The van der Waals surface area contributed by atoms with Crippen LogP contribution in [0.15, 0.2) is 364 Å². The second kappa shape index (κ2) is 54.8. The van der Waals surface area contributed by atoms with Crippen LogP contribution in [0, 0.1) is 7.43 Å². The maximum atomic E-state index is 12.3. The molecule has 614 valence electrons. The Bertz CT molecular complexity index is 3410. The topological polar surface area (TPSA) is 263 Å². The van der Waals surface area contributed by atoms with Gasteiger partial charge in [-0.1, -0.05) is 364 Å². The van der Waals surface area contributed by atoms with E-state index < -0.39 is 45.3 Å². The summed E-state index contributed by atoms with van der Waals surface area (Å²) in [5.41, 5.74) is -3.45. The van der Waals surface area contributed by atoms with E-state index in [4.69, 9.17) is 35.7 Å². The Kier molecular flexibility index (Phi) is 51.4. The Morgan fingerprint density at radius 1 is 0.181 bits per heavy atom. The summed E-state index contributed by atoms with van der Waals surface area (Å²) in [6.45, 7) is 22.2. The molecule has 12 aromatic carbocycles. The molecule has 16 heteroatoms. The van der Waals surface area contributed by atoms with Gasteiger partial charge in [0.1, 0.15) is 0 Å². The molecule has 12 aromatic rings. The number of aliphatic hydroxyl groups excluding tert-OH is 6. The Balaban J connectivity index is 0.00000144. The van der Waals surface area contributed by atoms with Gasteiger partial charge >= 0.3 is 0 Å². The second-order valence-electron chi connectivity index (χ2n) is 29.0. The summed E-state index contributed by atoms with van der Waals surface area (Å²) in [4.78, 5) is 0. The van der Waals surface area contributed by atoms with Gasteiger partial charge in [0.25, 0.3) is 0 Å². The van der Waals surface area contributed by atoms with Crippen LogP contribution in [-0.4, -0.2) is 109 Å². The fraction of sp³-hybridized carbons (Fsp3) is 0.270. The van der Waals surface area contributed by atoms with Crippen molar-refractivity contribution < 1.29 is 145 Å². The molecule has 1 unspecified atom stereocenters. The molecular formula is C100H123O13Zr3-. The molecule has 0 aliphatic carbocycles. The van der Waals surface area contributed by atoms with Crippen LogP contribution < -0.4 is 0 Å². The predicted molar refractivity (Wildman–Crippen MR) is 461 cm³/mol. The third-order valence-electron chi connectivity index (χ3n) is 16.7. The minimum atomic E-state index is -1.70. The number of hydrogen-bond donors (Lipinski definition) is 13. The van der Waals surface area contributed by atoms with Crippen LogP contribution in [0.1, 0.15) is 163 Å². The molecule has 0 radical (unpaired) electrons. The van der Waals surface area contributed by atoms with Crippen molar-refractivity contribution in [3.05, 3.63) is 438 Å². The summed E-state index contributed by atoms with van der Waals surface area (Å²) in [5, 5.41) is 132. The van der Waals surface area contributed by atoms with E-state index in [1.54, 1.807) is 90.0 Å². The second-order valence-corrected chi connectivity index (χ2v) is 29.0. The molecule has 12 rings (SSSR count). The average molecular weight is 1810 g/mol. The van der Waals surface area contributed by atoms with E-state index in [0.717, 1.165) is 0 Å². The van der Waals surface area contributed by atoms with Gasteiger partial charge in [0.2, 0.25) is 0 Å². The summed E-state index contributed by atoms with van der Waals surface area (Å²) < 4.78 is 0. The van der Waals surface area contributed by atoms with E-state index in [0.29, 0.717) is 73.2 Å². The van der Waals surface area contributed by atoms with Gasteiger partial charge in [-0.3, -0.25) is 0 Å². The van der Waals surface area contributed by atoms with Gasteiger partial charge in [0, 0.05) is 116 Å². The van der Waals surface area contributed by atoms with Crippen LogP contribution in [0.25, 0.3) is 0 Å². The molecule has 0 heterocycles. The maximum Gasteiger partial charge on any atom is 0.152 e. The molecule has 0 saturated carbocycles. The quantitative estimate of drug-likeness (QED) is 0.0379. The van der Waals surface area contributed by atoms with E-state index in [-0.39, 0.29) is 117 Å². The van der Waals surface area contributed by atoms with Crippen LogP contribution in [0.2, 0.25) is 0 Å². The zero-order chi connectivity index (χ0) is 83.0. The van der Waals surface area contributed by atoms with Gasteiger partial charge in [-0.15, -0.1) is 0 Å². The molecule has 0 saturated heterocycles. The third-order valence-corrected chi connectivity index (χ3v) is 16.7. The third kappa shape index (κ3) is 32.1. The number of hydrogen-bond acceptors (Lipinski definition) is 13. The number of rotatable bonds is 17. The van der Waals surface area contributed by atoms with E-state index in [1.807, 2.05) is 364 Å². The summed E-state index contributed by atoms with van der Waals surface area (Å²) in [7, 11) is 0. The fourth-order valence-corrected chi connectivity index (χ4v) is 12.4. The Hall–Kier alpha value is -7.23. The molecule has 0 spiro atoms. The summed E-state index contributed by atoms with van der Waals surface area (Å²) >= 11 is 0. The van der Waals surface area contributed by atoms with Crippen molar-refractivity contribution in [3.8, 4) is 0 Å². The summed E-state index contributed by atoms with van der Waals surface area (Å²) in [6.07, 6.45) is -0.803. The Labute approximate surface area is 748 Å². The molecule has 1 atom stereocenters. The molecule has 0 bridgehead atoms. The van der Waals surface area contributed by atoms with Crippen molar-refractivity contribution in [2.45, 2.75) is 172 Å². The molecule has 0 amide bonds. The van der Waals surface area contributed by atoms with E-state index in [2.05, 4.69) is 0 Å². The zero-order valence-electron chi connectivity index (χ0n) is 69.6. The van der Waals surface area contributed by atoms with Crippen molar-refractivity contribution in [3.63, 3.8) is 0 Å². The first-order chi connectivity index (χ1) is 53.1. The maximum absolute atomic E-state index is 12.3. The van der Waals surface area contributed by atoms with Crippen molar-refractivity contribution in [1.29, 1.82) is 0 Å². The average Bonchev–Trinajstić information content (AvgIpc) is 0.733. The Morgan fingerprint density at radius 2 is 0.250 bits per heavy atom. The van der Waals surface area contributed by atoms with Crippen molar-refractivity contribution in [2.24, 2.45) is 0 Å². The van der Waals surface area contributed by atoms with Crippen molar-refractivity contribution >= 4 is 0 Å². The fourth-order valence-electron chi connectivity index (χ4n) is 12.4. The summed E-state index contributed by atoms with van der Waals surface area (Å²) in [6, 6.07) is 112. The molecule has 0 aliphatic heterocycles. The first-order valence-electron chi connectivity index (χ1n) is 37.9. The van der Waals surface area contributed by atoms with E-state index >= 15 is 0 Å². The molecule has 13 N–H and O–H groups in total. The normalized spacial score (nSPS) is 11.3. The van der Waals surface area contributed by atoms with Crippen LogP contribution >= 0.6 is 0 Å². The SMILES string of the molecule is CC(C)O.CC(C)O.CC(C)O.CC(C)O.CC(C)O.CC(O)CC(C)(C)O.OC(c1ccccc1)(c1ccccc1)C(O)(c1ccccc1)c1ccccc1.OC(c1ccccc1)(c1ccccc1)C(O)(c1ccccc1)c1ccccc1.OC(c1ccccc1)(c1ccccc1)C(O)(c1ccccc1)c1ccccc1.[CH3-].[Zr].[Zr].[Zr]. The molecular weight excluding hydrogens is 1680 g/mol. The number of benzene rings is 12. The Morgan fingerprint density at radius 3 is 0.293 bits per heavy atom. The minimum absolute atomic E-state index is 0.